The predicted octanol–water partition coefficient (Wildman–Crippen LogP) is 6.54. The number of nitrogens with one attached hydrogen (secondary N) is 1. The number of thiazole rings is 1. The van der Waals surface area contributed by atoms with Crippen molar-refractivity contribution in [1.82, 2.24) is 9.88 Å². The van der Waals surface area contributed by atoms with Gasteiger partial charge in [-0.25, -0.2) is 9.37 Å². The highest BCUT2D eigenvalue weighted by Crippen LogP contribution is 2.45. The lowest BCUT2D eigenvalue weighted by atomic mass is 10.0. The predicted molar refractivity (Wildman–Crippen MR) is 138 cm³/mol. The van der Waals surface area contributed by atoms with Crippen molar-refractivity contribution in [3.05, 3.63) is 70.4 Å². The van der Waals surface area contributed by atoms with E-state index in [4.69, 9.17) is 4.98 Å². The first-order valence-corrected chi connectivity index (χ1v) is 12.5. The molecule has 2 aromatic carbocycles. The average molecular weight is 502 g/mol. The van der Waals surface area contributed by atoms with Gasteiger partial charge in [0.15, 0.2) is 0 Å². The van der Waals surface area contributed by atoms with E-state index in [1.165, 1.54) is 22.6 Å². The summed E-state index contributed by atoms with van der Waals surface area (Å²) in [5.74, 6) is -0.391. The fourth-order valence-electron chi connectivity index (χ4n) is 4.22. The van der Waals surface area contributed by atoms with Crippen molar-refractivity contribution in [1.29, 1.82) is 0 Å². The minimum Gasteiger partial charge on any atom is -0.317 e. The molecule has 0 radical (unpaired) electrons. The molecule has 172 valence electrons. The number of thiophene rings is 1. The zero-order valence-corrected chi connectivity index (χ0v) is 20.7. The Morgan fingerprint density at radius 3 is 2.70 bits per heavy atom. The molecule has 1 N–H and O–H groups in total. The summed E-state index contributed by atoms with van der Waals surface area (Å²) >= 11 is 3.35. The van der Waals surface area contributed by atoms with Gasteiger partial charge in [0.2, 0.25) is 5.91 Å². The summed E-state index contributed by atoms with van der Waals surface area (Å²) in [6.07, 6.45) is 2.31. The number of hydrogen-bond acceptors (Lipinski definition) is 5. The van der Waals surface area contributed by atoms with E-state index in [0.29, 0.717) is 0 Å². The summed E-state index contributed by atoms with van der Waals surface area (Å²) in [5, 5.41) is 4.99. The van der Waals surface area contributed by atoms with Gasteiger partial charge < -0.3 is 5.32 Å². The Labute approximate surface area is 206 Å². The van der Waals surface area contributed by atoms with Crippen LogP contribution in [0.2, 0.25) is 0 Å². The molecule has 0 saturated carbocycles. The van der Waals surface area contributed by atoms with Gasteiger partial charge in [-0.05, 0) is 54.8 Å². The number of hydrogen-bond donors (Lipinski definition) is 1. The Morgan fingerprint density at radius 1 is 1.15 bits per heavy atom. The second-order valence-electron chi connectivity index (χ2n) is 8.07. The first-order chi connectivity index (χ1) is 15.6. The average Bonchev–Trinajstić information content (AvgIpc) is 3.35. The number of anilines is 1. The Morgan fingerprint density at radius 2 is 1.94 bits per heavy atom. The van der Waals surface area contributed by atoms with E-state index in [0.717, 1.165) is 63.8 Å². The lowest BCUT2D eigenvalue weighted by molar-refractivity contribution is -0.115. The van der Waals surface area contributed by atoms with E-state index < -0.39 is 0 Å². The van der Waals surface area contributed by atoms with Gasteiger partial charge in [0.25, 0.3) is 0 Å². The largest absolute Gasteiger partial charge is 0.317 e. The fraction of sp³-hybridized carbons (Fsp3) is 0.280. The molecule has 0 saturated heterocycles. The summed E-state index contributed by atoms with van der Waals surface area (Å²) in [6.45, 7) is 5.23. The zero-order valence-electron chi connectivity index (χ0n) is 18.3. The number of carbonyl (C=O) groups excluding carboxylic acids is 1. The van der Waals surface area contributed by atoms with Crippen molar-refractivity contribution in [2.24, 2.45) is 0 Å². The lowest BCUT2D eigenvalue weighted by Crippen LogP contribution is -2.30. The number of halogens is 2. The maximum absolute atomic E-state index is 13.2. The maximum atomic E-state index is 13.2. The van der Waals surface area contributed by atoms with Crippen LogP contribution in [0.5, 0.6) is 0 Å². The van der Waals surface area contributed by atoms with Crippen LogP contribution in [-0.4, -0.2) is 28.9 Å². The number of rotatable bonds is 6. The van der Waals surface area contributed by atoms with E-state index in [1.807, 2.05) is 18.2 Å². The molecule has 5 rings (SSSR count). The number of amides is 1. The Balaban J connectivity index is 0.00000259. The molecular formula is C25H25ClFN3OS2. The molecule has 4 nitrogen and oxygen atoms in total. The first kappa shape index (κ1) is 23.8. The summed E-state index contributed by atoms with van der Waals surface area (Å²) in [5.41, 5.74) is 4.17. The summed E-state index contributed by atoms with van der Waals surface area (Å²) in [6, 6.07) is 14.2. The van der Waals surface area contributed by atoms with Gasteiger partial charge >= 0.3 is 0 Å². The molecule has 3 heterocycles. The van der Waals surface area contributed by atoms with E-state index >= 15 is 0 Å². The van der Waals surface area contributed by atoms with E-state index in [2.05, 4.69) is 23.2 Å². The number of carbonyl (C=O) groups is 1. The topological polar surface area (TPSA) is 45.2 Å². The summed E-state index contributed by atoms with van der Waals surface area (Å²) in [4.78, 5) is 21.6. The molecule has 0 unspecified atom stereocenters. The molecule has 0 aliphatic carbocycles. The van der Waals surface area contributed by atoms with Crippen LogP contribution in [-0.2, 0) is 24.2 Å². The van der Waals surface area contributed by atoms with Crippen molar-refractivity contribution in [2.45, 2.75) is 32.7 Å². The van der Waals surface area contributed by atoms with Gasteiger partial charge in [-0.15, -0.1) is 35.1 Å². The van der Waals surface area contributed by atoms with Crippen LogP contribution in [0.1, 0.15) is 29.3 Å². The van der Waals surface area contributed by atoms with Gasteiger partial charge in [0, 0.05) is 23.5 Å². The van der Waals surface area contributed by atoms with Crippen LogP contribution in [0.4, 0.5) is 9.39 Å². The summed E-state index contributed by atoms with van der Waals surface area (Å²) < 4.78 is 14.4. The van der Waals surface area contributed by atoms with E-state index in [9.17, 15) is 9.18 Å². The molecule has 2 aromatic heterocycles. The van der Waals surface area contributed by atoms with E-state index in [1.54, 1.807) is 34.8 Å². The zero-order chi connectivity index (χ0) is 22.1. The van der Waals surface area contributed by atoms with Crippen molar-refractivity contribution >= 4 is 56.2 Å². The highest BCUT2D eigenvalue weighted by Gasteiger charge is 2.27. The smallest absolute Gasteiger partial charge is 0.229 e. The van der Waals surface area contributed by atoms with Crippen LogP contribution in [0.15, 0.2) is 48.5 Å². The van der Waals surface area contributed by atoms with Crippen molar-refractivity contribution < 1.29 is 9.18 Å². The third-order valence-corrected chi connectivity index (χ3v) is 7.90. The molecule has 0 spiro atoms. The minimum atomic E-state index is -0.296. The summed E-state index contributed by atoms with van der Waals surface area (Å²) in [7, 11) is 0. The fourth-order valence-corrected chi connectivity index (χ4v) is 6.63. The van der Waals surface area contributed by atoms with Gasteiger partial charge in [-0.2, -0.15) is 0 Å². The van der Waals surface area contributed by atoms with Crippen LogP contribution in [0, 0.1) is 5.82 Å². The van der Waals surface area contributed by atoms with Crippen molar-refractivity contribution in [3.8, 4) is 10.6 Å². The van der Waals surface area contributed by atoms with Crippen molar-refractivity contribution in [2.75, 3.05) is 18.4 Å². The Hall–Kier alpha value is -2.32. The molecule has 0 atom stereocenters. The molecule has 1 aliphatic heterocycles. The highest BCUT2D eigenvalue weighted by atomic mass is 35.5. The minimum absolute atomic E-state index is 0. The number of para-hydroxylation sites is 1. The third-order valence-electron chi connectivity index (χ3n) is 5.71. The lowest BCUT2D eigenvalue weighted by Gasteiger charge is -2.26. The maximum Gasteiger partial charge on any atom is 0.229 e. The monoisotopic (exact) mass is 501 g/mol. The molecule has 8 heteroatoms. The first-order valence-electron chi connectivity index (χ1n) is 10.9. The standard InChI is InChI=1S/C25H24FN3OS2.ClH/c1-2-12-29-13-11-18-21(15-29)32-25(28-22(30)14-16-7-9-17(26)10-8-16)23(18)24-27-19-5-3-4-6-20(19)31-24;/h3-10H,2,11-15H2,1H3,(H,28,30);1H. The molecule has 0 bridgehead atoms. The molecule has 1 amide bonds. The molecular weight excluding hydrogens is 477 g/mol. The van der Waals surface area contributed by atoms with Gasteiger partial charge in [-0.3, -0.25) is 9.69 Å². The van der Waals surface area contributed by atoms with Gasteiger partial charge in [0.1, 0.15) is 15.8 Å². The number of aromatic nitrogens is 1. The molecule has 33 heavy (non-hydrogen) atoms. The van der Waals surface area contributed by atoms with Gasteiger partial charge in [-0.1, -0.05) is 31.2 Å². The normalized spacial score (nSPS) is 13.5. The van der Waals surface area contributed by atoms with Crippen molar-refractivity contribution in [3.63, 3.8) is 0 Å². The second kappa shape index (κ2) is 10.3. The quantitative estimate of drug-likeness (QED) is 0.326. The van der Waals surface area contributed by atoms with Crippen LogP contribution in [0.3, 0.4) is 0 Å². The SMILES string of the molecule is CCCN1CCc2c(sc(NC(=O)Cc3ccc(F)cc3)c2-c2nc3ccccc3s2)C1.Cl. The molecule has 4 aromatic rings. The van der Waals surface area contributed by atoms with Crippen LogP contribution < -0.4 is 5.32 Å². The number of nitrogens with zero attached hydrogens (tertiary/aromatic N) is 2. The highest BCUT2D eigenvalue weighted by molar-refractivity contribution is 7.22. The Bertz CT molecular complexity index is 1240. The van der Waals surface area contributed by atoms with E-state index in [-0.39, 0.29) is 30.6 Å². The number of fused-ring (bicyclic) bond motifs is 2. The van der Waals surface area contributed by atoms with Gasteiger partial charge in [0.05, 0.1) is 16.6 Å². The third kappa shape index (κ3) is 5.11. The molecule has 1 aliphatic rings. The Kier molecular flexibility index (Phi) is 7.44. The number of benzene rings is 2. The van der Waals surface area contributed by atoms with Crippen LogP contribution >= 0.6 is 35.1 Å². The molecule has 0 fully saturated rings. The van der Waals surface area contributed by atoms with Crippen LogP contribution in [0.25, 0.3) is 20.8 Å². The second-order valence-corrected chi connectivity index (χ2v) is 10.2.